The van der Waals surface area contributed by atoms with Gasteiger partial charge in [-0.25, -0.2) is 0 Å². The first-order valence-electron chi connectivity index (χ1n) is 5.93. The van der Waals surface area contributed by atoms with E-state index in [1.807, 2.05) is 0 Å². The van der Waals surface area contributed by atoms with E-state index < -0.39 is 0 Å². The lowest BCUT2D eigenvalue weighted by molar-refractivity contribution is 0.395. The SMILES string of the molecule is COc1c(C2(C(C)N)CC2)ccc(C)c1C. The second-order valence-electron chi connectivity index (χ2n) is 5.03. The van der Waals surface area contributed by atoms with E-state index in [-0.39, 0.29) is 11.5 Å². The van der Waals surface area contributed by atoms with Gasteiger partial charge < -0.3 is 10.5 Å². The highest BCUT2D eigenvalue weighted by atomic mass is 16.5. The van der Waals surface area contributed by atoms with Gasteiger partial charge in [-0.05, 0) is 44.7 Å². The van der Waals surface area contributed by atoms with E-state index in [9.17, 15) is 0 Å². The lowest BCUT2D eigenvalue weighted by Gasteiger charge is -2.24. The van der Waals surface area contributed by atoms with Crippen LogP contribution in [0, 0.1) is 13.8 Å². The van der Waals surface area contributed by atoms with Crippen LogP contribution in [0.4, 0.5) is 0 Å². The summed E-state index contributed by atoms with van der Waals surface area (Å²) in [6, 6.07) is 4.57. The molecular weight excluding hydrogens is 198 g/mol. The molecule has 16 heavy (non-hydrogen) atoms. The molecule has 1 aliphatic carbocycles. The second-order valence-corrected chi connectivity index (χ2v) is 5.03. The Bertz CT molecular complexity index is 405. The maximum Gasteiger partial charge on any atom is 0.125 e. The summed E-state index contributed by atoms with van der Waals surface area (Å²) >= 11 is 0. The fourth-order valence-corrected chi connectivity index (χ4v) is 2.55. The standard InChI is InChI=1S/C14H21NO/c1-9-5-6-12(13(16-4)10(9)2)14(7-8-14)11(3)15/h5-6,11H,7-8,15H2,1-4H3. The predicted molar refractivity (Wildman–Crippen MR) is 67.0 cm³/mol. The number of rotatable bonds is 3. The van der Waals surface area contributed by atoms with E-state index in [1.54, 1.807) is 7.11 Å². The summed E-state index contributed by atoms with van der Waals surface area (Å²) in [6.45, 7) is 6.34. The highest BCUT2D eigenvalue weighted by Crippen LogP contribution is 2.53. The fourth-order valence-electron chi connectivity index (χ4n) is 2.55. The molecule has 1 aliphatic rings. The Balaban J connectivity index is 2.54. The van der Waals surface area contributed by atoms with Gasteiger partial charge in [0, 0.05) is 17.0 Å². The van der Waals surface area contributed by atoms with Gasteiger partial charge in [0.15, 0.2) is 0 Å². The third-order valence-electron chi connectivity index (χ3n) is 4.08. The minimum Gasteiger partial charge on any atom is -0.496 e. The molecule has 0 amide bonds. The quantitative estimate of drug-likeness (QED) is 0.848. The van der Waals surface area contributed by atoms with Gasteiger partial charge in [0.05, 0.1) is 7.11 Å². The van der Waals surface area contributed by atoms with E-state index in [0.717, 1.165) is 5.75 Å². The molecule has 0 bridgehead atoms. The Morgan fingerprint density at radius 1 is 1.31 bits per heavy atom. The number of ether oxygens (including phenoxy) is 1. The predicted octanol–water partition coefficient (Wildman–Crippen LogP) is 2.69. The fraction of sp³-hybridized carbons (Fsp3) is 0.571. The molecule has 2 heteroatoms. The van der Waals surface area contributed by atoms with Crippen molar-refractivity contribution < 1.29 is 4.74 Å². The number of nitrogens with two attached hydrogens (primary N) is 1. The average molecular weight is 219 g/mol. The number of aryl methyl sites for hydroxylation is 1. The van der Waals surface area contributed by atoms with Crippen molar-refractivity contribution in [2.75, 3.05) is 7.11 Å². The Morgan fingerprint density at radius 3 is 2.38 bits per heavy atom. The highest BCUT2D eigenvalue weighted by molar-refractivity contribution is 5.51. The van der Waals surface area contributed by atoms with Gasteiger partial charge in [-0.1, -0.05) is 12.1 Å². The number of hydrogen-bond donors (Lipinski definition) is 1. The molecule has 0 spiro atoms. The van der Waals surface area contributed by atoms with Gasteiger partial charge in [0.2, 0.25) is 0 Å². The second kappa shape index (κ2) is 3.77. The van der Waals surface area contributed by atoms with E-state index in [4.69, 9.17) is 10.5 Å². The van der Waals surface area contributed by atoms with Crippen molar-refractivity contribution in [1.82, 2.24) is 0 Å². The maximum absolute atomic E-state index is 6.12. The van der Waals surface area contributed by atoms with Crippen LogP contribution in [-0.2, 0) is 5.41 Å². The lowest BCUT2D eigenvalue weighted by atomic mass is 9.86. The van der Waals surface area contributed by atoms with Gasteiger partial charge in [-0.3, -0.25) is 0 Å². The third-order valence-corrected chi connectivity index (χ3v) is 4.08. The van der Waals surface area contributed by atoms with Crippen molar-refractivity contribution in [1.29, 1.82) is 0 Å². The van der Waals surface area contributed by atoms with Crippen molar-refractivity contribution in [3.05, 3.63) is 28.8 Å². The Hall–Kier alpha value is -1.02. The highest BCUT2D eigenvalue weighted by Gasteiger charge is 2.49. The van der Waals surface area contributed by atoms with Crippen LogP contribution in [0.1, 0.15) is 36.5 Å². The topological polar surface area (TPSA) is 35.2 Å². The van der Waals surface area contributed by atoms with Crippen LogP contribution in [0.3, 0.4) is 0 Å². The Labute approximate surface area is 97.8 Å². The zero-order valence-corrected chi connectivity index (χ0v) is 10.6. The van der Waals surface area contributed by atoms with E-state index >= 15 is 0 Å². The van der Waals surface area contributed by atoms with Crippen LogP contribution >= 0.6 is 0 Å². The molecule has 1 aromatic carbocycles. The summed E-state index contributed by atoms with van der Waals surface area (Å²) in [6.07, 6.45) is 2.37. The lowest BCUT2D eigenvalue weighted by Crippen LogP contribution is -2.32. The van der Waals surface area contributed by atoms with E-state index in [1.165, 1.54) is 29.5 Å². The van der Waals surface area contributed by atoms with Crippen molar-refractivity contribution in [2.45, 2.75) is 45.1 Å². The van der Waals surface area contributed by atoms with Crippen LogP contribution < -0.4 is 10.5 Å². The van der Waals surface area contributed by atoms with Gasteiger partial charge in [0.1, 0.15) is 5.75 Å². The molecule has 1 atom stereocenters. The Morgan fingerprint density at radius 2 is 1.94 bits per heavy atom. The molecule has 0 aliphatic heterocycles. The molecule has 0 aromatic heterocycles. The molecule has 1 fully saturated rings. The summed E-state index contributed by atoms with van der Waals surface area (Å²) in [4.78, 5) is 0. The normalized spacial score (nSPS) is 19.3. The van der Waals surface area contributed by atoms with Crippen LogP contribution in [-0.4, -0.2) is 13.2 Å². The smallest absolute Gasteiger partial charge is 0.125 e. The molecule has 88 valence electrons. The summed E-state index contributed by atoms with van der Waals surface area (Å²) < 4.78 is 5.58. The van der Waals surface area contributed by atoms with Gasteiger partial charge in [-0.15, -0.1) is 0 Å². The number of hydrogen-bond acceptors (Lipinski definition) is 2. The van der Waals surface area contributed by atoms with Gasteiger partial charge >= 0.3 is 0 Å². The first-order chi connectivity index (χ1) is 7.53. The van der Waals surface area contributed by atoms with Crippen molar-refractivity contribution >= 4 is 0 Å². The molecule has 2 nitrogen and oxygen atoms in total. The van der Waals surface area contributed by atoms with E-state index in [2.05, 4.69) is 32.9 Å². The number of benzene rings is 1. The molecule has 2 N–H and O–H groups in total. The summed E-state index contributed by atoms with van der Waals surface area (Å²) in [7, 11) is 1.75. The van der Waals surface area contributed by atoms with Crippen LogP contribution in [0.2, 0.25) is 0 Å². The molecular formula is C14H21NO. The zero-order valence-electron chi connectivity index (χ0n) is 10.6. The molecule has 1 saturated carbocycles. The molecule has 0 heterocycles. The first-order valence-corrected chi connectivity index (χ1v) is 5.93. The van der Waals surface area contributed by atoms with Gasteiger partial charge in [0.25, 0.3) is 0 Å². The molecule has 0 saturated heterocycles. The molecule has 1 aromatic rings. The first kappa shape index (κ1) is 11.5. The van der Waals surface area contributed by atoms with Crippen molar-refractivity contribution in [3.8, 4) is 5.75 Å². The summed E-state index contributed by atoms with van der Waals surface area (Å²) in [5, 5.41) is 0. The van der Waals surface area contributed by atoms with Crippen LogP contribution in [0.25, 0.3) is 0 Å². The molecule has 0 radical (unpaired) electrons. The number of methoxy groups -OCH3 is 1. The van der Waals surface area contributed by atoms with E-state index in [0.29, 0.717) is 0 Å². The summed E-state index contributed by atoms with van der Waals surface area (Å²) in [5.41, 5.74) is 10.1. The maximum atomic E-state index is 6.12. The summed E-state index contributed by atoms with van der Waals surface area (Å²) in [5.74, 6) is 1.04. The average Bonchev–Trinajstić information content (AvgIpc) is 3.02. The Kier molecular flexibility index (Phi) is 2.70. The third kappa shape index (κ3) is 1.52. The van der Waals surface area contributed by atoms with Crippen LogP contribution in [0.5, 0.6) is 5.75 Å². The zero-order chi connectivity index (χ0) is 11.9. The molecule has 1 unspecified atom stereocenters. The van der Waals surface area contributed by atoms with Crippen molar-refractivity contribution in [2.24, 2.45) is 5.73 Å². The van der Waals surface area contributed by atoms with Gasteiger partial charge in [-0.2, -0.15) is 0 Å². The monoisotopic (exact) mass is 219 g/mol. The minimum atomic E-state index is 0.170. The van der Waals surface area contributed by atoms with Crippen molar-refractivity contribution in [3.63, 3.8) is 0 Å². The minimum absolute atomic E-state index is 0.170. The van der Waals surface area contributed by atoms with Crippen LogP contribution in [0.15, 0.2) is 12.1 Å². The largest absolute Gasteiger partial charge is 0.496 e. The molecule has 2 rings (SSSR count).